The average Bonchev–Trinajstić information content (AvgIpc) is 2.79. The molecule has 0 saturated heterocycles. The molecule has 2 N–H and O–H groups in total. The molecule has 0 aliphatic rings. The summed E-state index contributed by atoms with van der Waals surface area (Å²) in [5.74, 6) is 0. The molecule has 1 aromatic carbocycles. The Hall–Kier alpha value is -1.63. The average molecular weight is 367 g/mol. The van der Waals surface area contributed by atoms with Crippen LogP contribution in [0.5, 0.6) is 0 Å². The Morgan fingerprint density at radius 1 is 1.38 bits per heavy atom. The zero-order chi connectivity index (χ0) is 17.5. The Bertz CT molecular complexity index is 702. The van der Waals surface area contributed by atoms with Crippen molar-refractivity contribution in [1.82, 2.24) is 15.1 Å². The molecule has 1 aromatic heterocycles. The van der Waals surface area contributed by atoms with Crippen molar-refractivity contribution in [3.05, 3.63) is 46.2 Å². The molecule has 2 aromatic rings. The Balaban J connectivity index is 2.02. The summed E-state index contributed by atoms with van der Waals surface area (Å²) < 4.78 is 6.98. The lowest BCUT2D eigenvalue weighted by molar-refractivity contribution is 0.196. The van der Waals surface area contributed by atoms with E-state index in [9.17, 15) is 0 Å². The third-order valence-corrected chi connectivity index (χ3v) is 4.13. The number of anilines is 1. The van der Waals surface area contributed by atoms with Gasteiger partial charge in [-0.05, 0) is 50.2 Å². The third-order valence-electron chi connectivity index (χ3n) is 3.65. The Morgan fingerprint density at radius 3 is 2.88 bits per heavy atom. The molecular formula is C17H23ClN4OS. The number of nitrogens with one attached hydrogen (secondary N) is 2. The summed E-state index contributed by atoms with van der Waals surface area (Å²) in [6.07, 6.45) is 0.907. The van der Waals surface area contributed by atoms with E-state index in [-0.39, 0.29) is 0 Å². The minimum absolute atomic E-state index is 0.597. The first-order chi connectivity index (χ1) is 11.5. The summed E-state index contributed by atoms with van der Waals surface area (Å²) in [6.45, 7) is 6.15. The predicted molar refractivity (Wildman–Crippen MR) is 103 cm³/mol. The first kappa shape index (κ1) is 18.7. The van der Waals surface area contributed by atoms with E-state index in [0.717, 1.165) is 40.6 Å². The SMILES string of the molecule is COCCCNC(=S)Nc1c(C)nn(Cc2cccc(Cl)c2)c1C. The second-order valence-corrected chi connectivity index (χ2v) is 6.41. The van der Waals surface area contributed by atoms with Crippen molar-refractivity contribution < 1.29 is 4.74 Å². The number of ether oxygens (including phenoxy) is 1. The van der Waals surface area contributed by atoms with Crippen LogP contribution in [0, 0.1) is 13.8 Å². The van der Waals surface area contributed by atoms with Gasteiger partial charge in [0.2, 0.25) is 0 Å². The number of hydrogen-bond acceptors (Lipinski definition) is 3. The highest BCUT2D eigenvalue weighted by Gasteiger charge is 2.13. The second-order valence-electron chi connectivity index (χ2n) is 5.56. The van der Waals surface area contributed by atoms with Gasteiger partial charge >= 0.3 is 0 Å². The van der Waals surface area contributed by atoms with Crippen LogP contribution in [0.1, 0.15) is 23.4 Å². The van der Waals surface area contributed by atoms with Crippen LogP contribution in [0.4, 0.5) is 5.69 Å². The van der Waals surface area contributed by atoms with Crippen molar-refractivity contribution in [3.63, 3.8) is 0 Å². The fourth-order valence-electron chi connectivity index (χ4n) is 2.42. The van der Waals surface area contributed by atoms with Crippen LogP contribution in [-0.2, 0) is 11.3 Å². The number of rotatable bonds is 7. The number of aryl methyl sites for hydroxylation is 1. The van der Waals surface area contributed by atoms with Crippen molar-refractivity contribution in [3.8, 4) is 0 Å². The van der Waals surface area contributed by atoms with Crippen LogP contribution in [-0.4, -0.2) is 35.2 Å². The molecule has 0 fully saturated rings. The van der Waals surface area contributed by atoms with Gasteiger partial charge in [0.25, 0.3) is 0 Å². The van der Waals surface area contributed by atoms with Gasteiger partial charge in [0.05, 0.1) is 23.6 Å². The van der Waals surface area contributed by atoms with Gasteiger partial charge in [-0.3, -0.25) is 4.68 Å². The van der Waals surface area contributed by atoms with Gasteiger partial charge in [0.1, 0.15) is 0 Å². The minimum Gasteiger partial charge on any atom is -0.385 e. The molecule has 0 unspecified atom stereocenters. The molecule has 0 spiro atoms. The molecular weight excluding hydrogens is 344 g/mol. The van der Waals surface area contributed by atoms with Crippen LogP contribution < -0.4 is 10.6 Å². The van der Waals surface area contributed by atoms with Gasteiger partial charge in [0.15, 0.2) is 5.11 Å². The van der Waals surface area contributed by atoms with Crippen LogP contribution in [0.25, 0.3) is 0 Å². The number of thiocarbonyl (C=S) groups is 1. The molecule has 1 heterocycles. The first-order valence-electron chi connectivity index (χ1n) is 7.83. The highest BCUT2D eigenvalue weighted by molar-refractivity contribution is 7.80. The summed E-state index contributed by atoms with van der Waals surface area (Å²) in [6, 6.07) is 7.80. The standard InChI is InChI=1S/C17H23ClN4OS/c1-12-16(20-17(24)19-8-5-9-23-3)13(2)22(21-12)11-14-6-4-7-15(18)10-14/h4,6-7,10H,5,8-9,11H2,1-3H3,(H2,19,20,24). The van der Waals surface area contributed by atoms with Crippen molar-refractivity contribution in [1.29, 1.82) is 0 Å². The van der Waals surface area contributed by atoms with Crippen LogP contribution in [0.15, 0.2) is 24.3 Å². The zero-order valence-corrected chi connectivity index (χ0v) is 15.8. The predicted octanol–water partition coefficient (Wildman–Crippen LogP) is 3.52. The van der Waals surface area contributed by atoms with Gasteiger partial charge in [-0.15, -0.1) is 0 Å². The quantitative estimate of drug-likeness (QED) is 0.580. The van der Waals surface area contributed by atoms with E-state index in [1.54, 1.807) is 7.11 Å². The fourth-order valence-corrected chi connectivity index (χ4v) is 2.83. The van der Waals surface area contributed by atoms with E-state index in [4.69, 9.17) is 28.6 Å². The van der Waals surface area contributed by atoms with E-state index in [2.05, 4.69) is 15.7 Å². The topological polar surface area (TPSA) is 51.1 Å². The Kier molecular flexibility index (Phi) is 7.02. The zero-order valence-electron chi connectivity index (χ0n) is 14.2. The van der Waals surface area contributed by atoms with Crippen molar-refractivity contribution in [2.75, 3.05) is 25.6 Å². The molecule has 0 amide bonds. The molecule has 24 heavy (non-hydrogen) atoms. The molecule has 2 rings (SSSR count). The van der Waals surface area contributed by atoms with E-state index in [0.29, 0.717) is 18.3 Å². The first-order valence-corrected chi connectivity index (χ1v) is 8.62. The number of nitrogens with zero attached hydrogens (tertiary/aromatic N) is 2. The summed E-state index contributed by atoms with van der Waals surface area (Å²) in [5.41, 5.74) is 4.00. The van der Waals surface area contributed by atoms with E-state index in [1.165, 1.54) is 0 Å². The van der Waals surface area contributed by atoms with E-state index >= 15 is 0 Å². The molecule has 0 aliphatic carbocycles. The maximum absolute atomic E-state index is 6.05. The monoisotopic (exact) mass is 366 g/mol. The van der Waals surface area contributed by atoms with Gasteiger partial charge in [-0.25, -0.2) is 0 Å². The number of benzene rings is 1. The largest absolute Gasteiger partial charge is 0.385 e. The molecule has 0 atom stereocenters. The molecule has 0 bridgehead atoms. The van der Waals surface area contributed by atoms with E-state index in [1.807, 2.05) is 42.8 Å². The lowest BCUT2D eigenvalue weighted by Gasteiger charge is -2.11. The van der Waals surface area contributed by atoms with Gasteiger partial charge in [-0.2, -0.15) is 5.10 Å². The Labute approximate surface area is 153 Å². The number of hydrogen-bond donors (Lipinski definition) is 2. The second kappa shape index (κ2) is 9.01. The summed E-state index contributed by atoms with van der Waals surface area (Å²) in [4.78, 5) is 0. The van der Waals surface area contributed by atoms with Gasteiger partial charge in [-0.1, -0.05) is 23.7 Å². The minimum atomic E-state index is 0.597. The van der Waals surface area contributed by atoms with Crippen molar-refractivity contribution in [2.24, 2.45) is 0 Å². The van der Waals surface area contributed by atoms with E-state index < -0.39 is 0 Å². The lowest BCUT2D eigenvalue weighted by Crippen LogP contribution is -2.30. The molecule has 0 saturated carbocycles. The number of methoxy groups -OCH3 is 1. The summed E-state index contributed by atoms with van der Waals surface area (Å²) >= 11 is 11.4. The molecule has 5 nitrogen and oxygen atoms in total. The normalized spacial score (nSPS) is 10.7. The summed E-state index contributed by atoms with van der Waals surface area (Å²) in [5, 5.41) is 12.3. The Morgan fingerprint density at radius 2 is 2.17 bits per heavy atom. The third kappa shape index (κ3) is 5.19. The highest BCUT2D eigenvalue weighted by Crippen LogP contribution is 2.21. The lowest BCUT2D eigenvalue weighted by atomic mass is 10.2. The molecule has 0 radical (unpaired) electrons. The van der Waals surface area contributed by atoms with Crippen LogP contribution in [0.3, 0.4) is 0 Å². The molecule has 130 valence electrons. The van der Waals surface area contributed by atoms with Crippen molar-refractivity contribution in [2.45, 2.75) is 26.8 Å². The molecule has 7 heteroatoms. The number of halogens is 1. The highest BCUT2D eigenvalue weighted by atomic mass is 35.5. The maximum Gasteiger partial charge on any atom is 0.170 e. The maximum atomic E-state index is 6.05. The molecule has 0 aliphatic heterocycles. The van der Waals surface area contributed by atoms with Gasteiger partial charge < -0.3 is 15.4 Å². The van der Waals surface area contributed by atoms with Crippen LogP contribution in [0.2, 0.25) is 5.02 Å². The number of aromatic nitrogens is 2. The fraction of sp³-hybridized carbons (Fsp3) is 0.412. The smallest absolute Gasteiger partial charge is 0.170 e. The van der Waals surface area contributed by atoms with Crippen LogP contribution >= 0.6 is 23.8 Å². The van der Waals surface area contributed by atoms with Gasteiger partial charge in [0, 0.05) is 25.3 Å². The van der Waals surface area contributed by atoms with Crippen molar-refractivity contribution >= 4 is 34.6 Å². The summed E-state index contributed by atoms with van der Waals surface area (Å²) in [7, 11) is 1.69.